The molecule has 0 saturated heterocycles. The molecule has 2 heterocycles. The van der Waals surface area contributed by atoms with Crippen LogP contribution in [0, 0.1) is 0 Å². The Bertz CT molecular complexity index is 609. The van der Waals surface area contributed by atoms with Crippen molar-refractivity contribution in [1.82, 2.24) is 4.90 Å². The number of thiophene rings is 1. The van der Waals surface area contributed by atoms with Gasteiger partial charge in [0.1, 0.15) is 6.04 Å². The van der Waals surface area contributed by atoms with Gasteiger partial charge < -0.3 is 5.11 Å². The van der Waals surface area contributed by atoms with Gasteiger partial charge in [-0.2, -0.15) is 0 Å². The van der Waals surface area contributed by atoms with Crippen LogP contribution in [0.15, 0.2) is 41.8 Å². The van der Waals surface area contributed by atoms with Crippen molar-refractivity contribution < 1.29 is 9.90 Å². The summed E-state index contributed by atoms with van der Waals surface area (Å²) >= 11 is 1.69. The van der Waals surface area contributed by atoms with Crippen LogP contribution in [0.5, 0.6) is 0 Å². The van der Waals surface area contributed by atoms with Crippen LogP contribution >= 0.6 is 11.3 Å². The highest BCUT2D eigenvalue weighted by Crippen LogP contribution is 2.37. The topological polar surface area (TPSA) is 40.5 Å². The molecule has 20 heavy (non-hydrogen) atoms. The fourth-order valence-corrected chi connectivity index (χ4v) is 3.77. The summed E-state index contributed by atoms with van der Waals surface area (Å²) in [5, 5.41) is 11.7. The van der Waals surface area contributed by atoms with E-state index >= 15 is 0 Å². The number of carboxylic acid groups (broad SMARTS) is 1. The Hall–Kier alpha value is -1.65. The SMILES string of the molecule is CC(c1cccs1)N1CCc2ccccc2C1C(=O)O. The molecule has 0 bridgehead atoms. The minimum absolute atomic E-state index is 0.129. The van der Waals surface area contributed by atoms with E-state index in [0.717, 1.165) is 24.1 Å². The maximum Gasteiger partial charge on any atom is 0.325 e. The zero-order valence-electron chi connectivity index (χ0n) is 11.3. The molecule has 1 aliphatic rings. The number of nitrogens with zero attached hydrogens (tertiary/aromatic N) is 1. The van der Waals surface area contributed by atoms with Crippen LogP contribution in [0.4, 0.5) is 0 Å². The van der Waals surface area contributed by atoms with Gasteiger partial charge in [0, 0.05) is 17.5 Å². The van der Waals surface area contributed by atoms with Crippen LogP contribution in [-0.2, 0) is 11.2 Å². The zero-order valence-corrected chi connectivity index (χ0v) is 12.1. The van der Waals surface area contributed by atoms with Crippen LogP contribution in [0.2, 0.25) is 0 Å². The van der Waals surface area contributed by atoms with Crippen molar-refractivity contribution in [3.05, 3.63) is 57.8 Å². The van der Waals surface area contributed by atoms with Gasteiger partial charge >= 0.3 is 5.97 Å². The van der Waals surface area contributed by atoms with Crippen LogP contribution in [-0.4, -0.2) is 22.5 Å². The summed E-state index contributed by atoms with van der Waals surface area (Å²) < 4.78 is 0. The smallest absolute Gasteiger partial charge is 0.325 e. The number of hydrogen-bond acceptors (Lipinski definition) is 3. The third-order valence-electron chi connectivity index (χ3n) is 4.01. The van der Waals surface area contributed by atoms with Crippen molar-refractivity contribution in [3.8, 4) is 0 Å². The average Bonchev–Trinajstić information content (AvgIpc) is 2.99. The minimum atomic E-state index is -0.763. The van der Waals surface area contributed by atoms with E-state index in [-0.39, 0.29) is 6.04 Å². The highest BCUT2D eigenvalue weighted by molar-refractivity contribution is 7.10. The minimum Gasteiger partial charge on any atom is -0.480 e. The van der Waals surface area contributed by atoms with Gasteiger partial charge in [0.15, 0.2) is 0 Å². The van der Waals surface area contributed by atoms with Gasteiger partial charge in [0.05, 0.1) is 0 Å². The second-order valence-electron chi connectivity index (χ2n) is 5.12. The Kier molecular flexibility index (Phi) is 3.59. The fourth-order valence-electron chi connectivity index (χ4n) is 2.97. The molecule has 1 aromatic carbocycles. The Morgan fingerprint density at radius 3 is 2.85 bits per heavy atom. The maximum atomic E-state index is 11.8. The summed E-state index contributed by atoms with van der Waals surface area (Å²) in [5.74, 6) is -0.763. The normalized spacial score (nSPS) is 20.4. The molecule has 1 N–H and O–H groups in total. The zero-order chi connectivity index (χ0) is 14.1. The fraction of sp³-hybridized carbons (Fsp3) is 0.312. The molecular weight excluding hydrogens is 270 g/mol. The van der Waals surface area contributed by atoms with Gasteiger partial charge in [-0.15, -0.1) is 11.3 Å². The maximum absolute atomic E-state index is 11.8. The van der Waals surface area contributed by atoms with Crippen molar-refractivity contribution in [2.75, 3.05) is 6.54 Å². The lowest BCUT2D eigenvalue weighted by Gasteiger charge is -2.38. The highest BCUT2D eigenvalue weighted by atomic mass is 32.1. The first-order chi connectivity index (χ1) is 9.68. The number of carboxylic acids is 1. The van der Waals surface area contributed by atoms with Gasteiger partial charge in [-0.25, -0.2) is 0 Å². The molecule has 0 saturated carbocycles. The number of rotatable bonds is 3. The quantitative estimate of drug-likeness (QED) is 0.939. The molecule has 1 aromatic heterocycles. The third kappa shape index (κ3) is 2.25. The molecule has 1 aliphatic heterocycles. The summed E-state index contributed by atoms with van der Waals surface area (Å²) in [4.78, 5) is 15.1. The van der Waals surface area contributed by atoms with E-state index < -0.39 is 12.0 Å². The molecule has 2 atom stereocenters. The first-order valence-electron chi connectivity index (χ1n) is 6.78. The predicted octanol–water partition coefficient (Wildman–Crippen LogP) is 3.49. The van der Waals surface area contributed by atoms with E-state index in [9.17, 15) is 9.90 Å². The van der Waals surface area contributed by atoms with E-state index in [1.807, 2.05) is 35.7 Å². The van der Waals surface area contributed by atoms with Crippen molar-refractivity contribution >= 4 is 17.3 Å². The number of benzene rings is 1. The van der Waals surface area contributed by atoms with Crippen LogP contribution in [0.25, 0.3) is 0 Å². The van der Waals surface area contributed by atoms with Crippen molar-refractivity contribution in [2.24, 2.45) is 0 Å². The Balaban J connectivity index is 1.98. The molecule has 3 rings (SSSR count). The van der Waals surface area contributed by atoms with E-state index in [1.54, 1.807) is 11.3 Å². The molecule has 3 nitrogen and oxygen atoms in total. The molecule has 0 radical (unpaired) electrons. The first kappa shape index (κ1) is 13.3. The van der Waals surface area contributed by atoms with Gasteiger partial charge in [0.25, 0.3) is 0 Å². The molecule has 2 aromatic rings. The summed E-state index contributed by atoms with van der Waals surface area (Å²) in [5.41, 5.74) is 2.10. The summed E-state index contributed by atoms with van der Waals surface area (Å²) in [6.07, 6.45) is 0.912. The van der Waals surface area contributed by atoms with E-state index in [2.05, 4.69) is 17.9 Å². The van der Waals surface area contributed by atoms with Gasteiger partial charge in [-0.05, 0) is 35.9 Å². The Labute approximate surface area is 122 Å². The largest absolute Gasteiger partial charge is 0.480 e. The van der Waals surface area contributed by atoms with Gasteiger partial charge in [-0.3, -0.25) is 9.69 Å². The predicted molar refractivity (Wildman–Crippen MR) is 80.0 cm³/mol. The van der Waals surface area contributed by atoms with Crippen LogP contribution < -0.4 is 0 Å². The number of hydrogen-bond donors (Lipinski definition) is 1. The molecule has 104 valence electrons. The lowest BCUT2D eigenvalue weighted by molar-refractivity contribution is -0.145. The number of aliphatic carboxylic acids is 1. The Morgan fingerprint density at radius 2 is 2.15 bits per heavy atom. The molecule has 0 spiro atoms. The lowest BCUT2D eigenvalue weighted by Crippen LogP contribution is -2.41. The lowest BCUT2D eigenvalue weighted by atomic mass is 9.91. The molecule has 0 aliphatic carbocycles. The third-order valence-corrected chi connectivity index (χ3v) is 5.05. The second kappa shape index (κ2) is 5.38. The van der Waals surface area contributed by atoms with Crippen molar-refractivity contribution in [2.45, 2.75) is 25.4 Å². The Morgan fingerprint density at radius 1 is 1.35 bits per heavy atom. The first-order valence-corrected chi connectivity index (χ1v) is 7.66. The monoisotopic (exact) mass is 287 g/mol. The summed E-state index contributed by atoms with van der Waals surface area (Å²) in [7, 11) is 0. The van der Waals surface area contributed by atoms with Gasteiger partial charge in [0.2, 0.25) is 0 Å². The van der Waals surface area contributed by atoms with E-state index in [0.29, 0.717) is 0 Å². The molecular formula is C16H17NO2S. The molecule has 4 heteroatoms. The van der Waals surface area contributed by atoms with Crippen LogP contribution in [0.1, 0.15) is 35.0 Å². The molecule has 0 amide bonds. The number of fused-ring (bicyclic) bond motifs is 1. The second-order valence-corrected chi connectivity index (χ2v) is 6.10. The van der Waals surface area contributed by atoms with E-state index in [1.165, 1.54) is 4.88 Å². The summed E-state index contributed by atoms with van der Waals surface area (Å²) in [6.45, 7) is 2.88. The molecule has 2 unspecified atom stereocenters. The average molecular weight is 287 g/mol. The standard InChI is InChI=1S/C16H17NO2S/c1-11(14-7-4-10-20-14)17-9-8-12-5-2-3-6-13(12)15(17)16(18)19/h2-7,10-11,15H,8-9H2,1H3,(H,18,19). The van der Waals surface area contributed by atoms with E-state index in [4.69, 9.17) is 0 Å². The van der Waals surface area contributed by atoms with Crippen LogP contribution in [0.3, 0.4) is 0 Å². The number of carbonyl (C=O) groups is 1. The summed E-state index contributed by atoms with van der Waals surface area (Å²) in [6, 6.07) is 11.6. The van der Waals surface area contributed by atoms with Crippen molar-refractivity contribution in [3.63, 3.8) is 0 Å². The van der Waals surface area contributed by atoms with Crippen molar-refractivity contribution in [1.29, 1.82) is 0 Å². The molecule has 0 fully saturated rings. The van der Waals surface area contributed by atoms with Gasteiger partial charge in [-0.1, -0.05) is 30.3 Å². The highest BCUT2D eigenvalue weighted by Gasteiger charge is 2.35.